The van der Waals surface area contributed by atoms with Crippen molar-refractivity contribution < 1.29 is 19.4 Å². The maximum atomic E-state index is 14.3. The molecule has 0 aliphatic carbocycles. The molecular weight excluding hydrogens is 544 g/mol. The van der Waals surface area contributed by atoms with Crippen LogP contribution in [-0.4, -0.2) is 82.3 Å². The smallest absolute Gasteiger partial charge is 0.262 e. The van der Waals surface area contributed by atoms with Gasteiger partial charge in [0.25, 0.3) is 11.8 Å². The summed E-state index contributed by atoms with van der Waals surface area (Å²) in [6.07, 6.45) is 3.89. The van der Waals surface area contributed by atoms with E-state index in [1.165, 1.54) is 12.0 Å². The quantitative estimate of drug-likeness (QED) is 0.350. The van der Waals surface area contributed by atoms with Gasteiger partial charge in [-0.15, -0.1) is 0 Å². The second kappa shape index (κ2) is 13.0. The lowest BCUT2D eigenvalue weighted by atomic mass is 9.82. The largest absolute Gasteiger partial charge is 0.369 e. The highest BCUT2D eigenvalue weighted by Gasteiger charge is 2.49. The monoisotopic (exact) mass is 584 g/mol. The molecule has 3 N–H and O–H groups in total. The summed E-state index contributed by atoms with van der Waals surface area (Å²) < 4.78 is 4.99. The molecule has 3 heterocycles. The normalized spacial score (nSPS) is 20.0. The second-order valence-corrected chi connectivity index (χ2v) is 11.6. The molecule has 2 atom stereocenters. The van der Waals surface area contributed by atoms with Crippen LogP contribution in [0.25, 0.3) is 11.1 Å². The maximum Gasteiger partial charge on any atom is 0.262 e. The summed E-state index contributed by atoms with van der Waals surface area (Å²) in [5.41, 5.74) is 9.39. The number of methoxy groups -OCH3 is 1. The highest BCUT2D eigenvalue weighted by Crippen LogP contribution is 2.40. The molecule has 1 fully saturated rings. The van der Waals surface area contributed by atoms with Crippen LogP contribution in [0.1, 0.15) is 48.2 Å². The zero-order valence-electron chi connectivity index (χ0n) is 25.0. The number of guanidine groups is 1. The molecule has 2 aromatic carbocycles. The Hall–Kier alpha value is -4.12. The third kappa shape index (κ3) is 6.46. The third-order valence-electron chi connectivity index (χ3n) is 8.24. The summed E-state index contributed by atoms with van der Waals surface area (Å²) in [5, 5.41) is 9.92. The predicted molar refractivity (Wildman–Crippen MR) is 165 cm³/mol. The van der Waals surface area contributed by atoms with Crippen LogP contribution in [0.3, 0.4) is 0 Å². The van der Waals surface area contributed by atoms with E-state index < -0.39 is 12.0 Å². The first-order valence-corrected chi connectivity index (χ1v) is 14.7. The zero-order chi connectivity index (χ0) is 30.6. The van der Waals surface area contributed by atoms with Gasteiger partial charge >= 0.3 is 0 Å². The summed E-state index contributed by atoms with van der Waals surface area (Å²) in [6.45, 7) is 6.44. The number of rotatable bonds is 10. The van der Waals surface area contributed by atoms with Crippen molar-refractivity contribution in [1.82, 2.24) is 19.7 Å². The molecule has 10 heteroatoms. The number of benzene rings is 2. The molecule has 2 aliphatic heterocycles. The van der Waals surface area contributed by atoms with Crippen LogP contribution in [0.15, 0.2) is 78.0 Å². The number of aliphatic hydroxyl groups is 1. The molecule has 2 unspecified atom stereocenters. The fourth-order valence-electron chi connectivity index (χ4n) is 5.73. The molecule has 43 heavy (non-hydrogen) atoms. The van der Waals surface area contributed by atoms with Gasteiger partial charge in [0.05, 0.1) is 6.54 Å². The van der Waals surface area contributed by atoms with Gasteiger partial charge in [-0.2, -0.15) is 0 Å². The number of aliphatic hydroxyl groups excluding tert-OH is 1. The standard InChI is InChI=1S/C33H40N6O4/c1-23(2)12-13-33(28-11-5-8-25(20-28)27-10-6-14-35-21-27)30(41)39(31(34)36-33)22-24-7-4-9-26(19-24)29(40)37-15-17-38(18-16-37)32(42)43-3/h4-11,14,19-21,23,32,42H,12-13,15-18,22H2,1-3H3,(H2,34,36). The van der Waals surface area contributed by atoms with Crippen molar-refractivity contribution >= 4 is 17.8 Å². The number of piperazine rings is 1. The molecule has 0 radical (unpaired) electrons. The van der Waals surface area contributed by atoms with Gasteiger partial charge in [-0.05, 0) is 65.3 Å². The number of ether oxygens (including phenoxy) is 1. The number of carbonyl (C=O) groups is 2. The van der Waals surface area contributed by atoms with Crippen LogP contribution < -0.4 is 5.73 Å². The Morgan fingerprint density at radius 1 is 1.05 bits per heavy atom. The Morgan fingerprint density at radius 2 is 1.79 bits per heavy atom. The average molecular weight is 585 g/mol. The molecule has 226 valence electrons. The van der Waals surface area contributed by atoms with Crippen molar-refractivity contribution in [3.05, 3.63) is 89.7 Å². The van der Waals surface area contributed by atoms with Gasteiger partial charge in [-0.1, -0.05) is 50.2 Å². The lowest BCUT2D eigenvalue weighted by Crippen LogP contribution is -2.52. The summed E-state index contributed by atoms with van der Waals surface area (Å²) in [5.74, 6) is 0.281. The molecule has 1 aromatic heterocycles. The van der Waals surface area contributed by atoms with Crippen LogP contribution in [0.5, 0.6) is 0 Å². The molecule has 0 bridgehead atoms. The molecule has 0 saturated carbocycles. The van der Waals surface area contributed by atoms with E-state index in [-0.39, 0.29) is 24.3 Å². The molecule has 10 nitrogen and oxygen atoms in total. The Bertz CT molecular complexity index is 1470. The number of hydrogen-bond donors (Lipinski definition) is 2. The van der Waals surface area contributed by atoms with E-state index in [1.54, 1.807) is 28.3 Å². The topological polar surface area (TPSA) is 125 Å². The number of aromatic nitrogens is 1. The molecule has 3 aromatic rings. The van der Waals surface area contributed by atoms with Gasteiger partial charge in [-0.25, -0.2) is 4.99 Å². The van der Waals surface area contributed by atoms with Crippen LogP contribution >= 0.6 is 0 Å². The van der Waals surface area contributed by atoms with Crippen LogP contribution in [-0.2, 0) is 21.6 Å². The highest BCUT2D eigenvalue weighted by molar-refractivity contribution is 6.07. The molecular formula is C33H40N6O4. The lowest BCUT2D eigenvalue weighted by Gasteiger charge is -2.36. The number of nitrogens with two attached hydrogens (primary N) is 1. The van der Waals surface area contributed by atoms with Crippen molar-refractivity contribution in [1.29, 1.82) is 0 Å². The van der Waals surface area contributed by atoms with E-state index in [9.17, 15) is 14.7 Å². The average Bonchev–Trinajstić information content (AvgIpc) is 3.28. The van der Waals surface area contributed by atoms with Crippen molar-refractivity contribution in [3.63, 3.8) is 0 Å². The van der Waals surface area contributed by atoms with Gasteiger partial charge in [0.15, 0.2) is 11.5 Å². The summed E-state index contributed by atoms with van der Waals surface area (Å²) in [7, 11) is 1.45. The molecule has 0 spiro atoms. The predicted octanol–water partition coefficient (Wildman–Crippen LogP) is 3.42. The summed E-state index contributed by atoms with van der Waals surface area (Å²) >= 11 is 0. The Kier molecular flexibility index (Phi) is 9.19. The number of amides is 2. The van der Waals surface area contributed by atoms with Crippen LogP contribution in [0, 0.1) is 5.92 Å². The maximum absolute atomic E-state index is 14.3. The number of hydrogen-bond acceptors (Lipinski definition) is 8. The van der Waals surface area contributed by atoms with E-state index in [2.05, 4.69) is 18.8 Å². The summed E-state index contributed by atoms with van der Waals surface area (Å²) in [6, 6.07) is 19.1. The van der Waals surface area contributed by atoms with E-state index >= 15 is 0 Å². The Morgan fingerprint density at radius 3 is 2.49 bits per heavy atom. The number of carbonyl (C=O) groups excluding carboxylic acids is 2. The van der Waals surface area contributed by atoms with E-state index in [0.29, 0.717) is 44.1 Å². The Labute approximate surface area is 252 Å². The van der Waals surface area contributed by atoms with Gasteiger partial charge in [0.1, 0.15) is 0 Å². The number of nitrogens with zero attached hydrogens (tertiary/aromatic N) is 5. The van der Waals surface area contributed by atoms with Crippen molar-refractivity contribution in [2.75, 3.05) is 33.3 Å². The van der Waals surface area contributed by atoms with Gasteiger partial charge < -0.3 is 20.5 Å². The number of pyridine rings is 1. The minimum atomic E-state index is -1.13. The lowest BCUT2D eigenvalue weighted by molar-refractivity contribution is -0.183. The van der Waals surface area contributed by atoms with Crippen molar-refractivity contribution in [2.45, 2.75) is 45.2 Å². The molecule has 2 aliphatic rings. The van der Waals surface area contributed by atoms with Gasteiger partial charge in [0.2, 0.25) is 6.41 Å². The first-order chi connectivity index (χ1) is 20.7. The fourth-order valence-corrected chi connectivity index (χ4v) is 5.73. The van der Waals surface area contributed by atoms with Crippen molar-refractivity contribution in [3.8, 4) is 11.1 Å². The van der Waals surface area contributed by atoms with Crippen LogP contribution in [0.2, 0.25) is 0 Å². The first-order valence-electron chi connectivity index (χ1n) is 14.7. The third-order valence-corrected chi connectivity index (χ3v) is 8.24. The molecule has 2 amide bonds. The Balaban J connectivity index is 1.37. The second-order valence-electron chi connectivity index (χ2n) is 11.6. The van der Waals surface area contributed by atoms with E-state index in [0.717, 1.165) is 28.7 Å². The number of aliphatic imine (C=N–C) groups is 1. The SMILES string of the molecule is COC(O)N1CCN(C(=O)c2cccc(CN3C(=O)C(CCC(C)C)(c4cccc(-c5cccnc5)c4)N=C3N)c2)CC1. The first kappa shape index (κ1) is 30.3. The highest BCUT2D eigenvalue weighted by atomic mass is 16.6. The minimum Gasteiger partial charge on any atom is -0.369 e. The van der Waals surface area contributed by atoms with E-state index in [1.807, 2.05) is 54.6 Å². The molecule has 1 saturated heterocycles. The van der Waals surface area contributed by atoms with E-state index in [4.69, 9.17) is 15.5 Å². The molecule has 5 rings (SSSR count). The summed E-state index contributed by atoms with van der Waals surface area (Å²) in [4.78, 5) is 41.8. The minimum absolute atomic E-state index is 0.0960. The van der Waals surface area contributed by atoms with Crippen LogP contribution in [0.4, 0.5) is 0 Å². The fraction of sp³-hybridized carbons (Fsp3) is 0.394. The van der Waals surface area contributed by atoms with Gasteiger partial charge in [-0.3, -0.25) is 24.4 Å². The zero-order valence-corrected chi connectivity index (χ0v) is 25.0. The van der Waals surface area contributed by atoms with Gasteiger partial charge in [0, 0.05) is 51.2 Å². The van der Waals surface area contributed by atoms with Crippen molar-refractivity contribution in [2.24, 2.45) is 16.6 Å².